The number of aliphatic hydroxyl groups excluding tert-OH is 1. The van der Waals surface area contributed by atoms with Crippen LogP contribution in [0.4, 0.5) is 4.39 Å². The van der Waals surface area contributed by atoms with Crippen molar-refractivity contribution in [1.29, 1.82) is 0 Å². The Balaban J connectivity index is 1.60. The number of hydrogen-bond acceptors (Lipinski definition) is 5. The standard InChI is InChI=1S/C24H26FNO5/c1-14(12-21(27)16-4-6-17(25)7-5-16)26-23(28)11-10-20-15(2)19-9-8-18(30-3)13-22(19)31-24(20)29/h4-9,13-14,21,27H,10-12H2,1-3H3,(H,26,28)/t14-,21+/m1/s1. The van der Waals surface area contributed by atoms with Crippen LogP contribution in [0.1, 0.15) is 42.6 Å². The van der Waals surface area contributed by atoms with Crippen molar-refractivity contribution in [3.63, 3.8) is 0 Å². The number of amides is 1. The highest BCUT2D eigenvalue weighted by Gasteiger charge is 2.17. The molecule has 0 fully saturated rings. The van der Waals surface area contributed by atoms with E-state index in [9.17, 15) is 19.1 Å². The van der Waals surface area contributed by atoms with Gasteiger partial charge in [-0.25, -0.2) is 9.18 Å². The molecule has 7 heteroatoms. The van der Waals surface area contributed by atoms with Crippen LogP contribution in [-0.4, -0.2) is 24.2 Å². The highest BCUT2D eigenvalue weighted by molar-refractivity contribution is 5.82. The number of carbonyl (C=O) groups is 1. The fourth-order valence-corrected chi connectivity index (χ4v) is 3.59. The second kappa shape index (κ2) is 9.75. The molecule has 2 atom stereocenters. The minimum Gasteiger partial charge on any atom is -0.497 e. The largest absolute Gasteiger partial charge is 0.497 e. The molecule has 0 saturated heterocycles. The van der Waals surface area contributed by atoms with E-state index >= 15 is 0 Å². The van der Waals surface area contributed by atoms with Gasteiger partial charge in [0, 0.05) is 29.5 Å². The van der Waals surface area contributed by atoms with Crippen LogP contribution in [0.2, 0.25) is 0 Å². The Hall–Kier alpha value is -3.19. The SMILES string of the molecule is COc1ccc2c(C)c(CCC(=O)N[C@H](C)C[C@H](O)c3ccc(F)cc3)c(=O)oc2c1. The molecule has 31 heavy (non-hydrogen) atoms. The number of halogens is 1. The lowest BCUT2D eigenvalue weighted by atomic mass is 10.0. The summed E-state index contributed by atoms with van der Waals surface area (Å²) >= 11 is 0. The van der Waals surface area contributed by atoms with Crippen LogP contribution in [0, 0.1) is 12.7 Å². The van der Waals surface area contributed by atoms with E-state index in [1.54, 1.807) is 26.2 Å². The molecule has 1 aromatic heterocycles. The Kier molecular flexibility index (Phi) is 7.07. The van der Waals surface area contributed by atoms with Gasteiger partial charge in [-0.05, 0) is 62.1 Å². The molecule has 0 bridgehead atoms. The topological polar surface area (TPSA) is 88.8 Å². The number of nitrogens with one attached hydrogen (secondary N) is 1. The van der Waals surface area contributed by atoms with E-state index in [4.69, 9.17) is 9.15 Å². The number of carbonyl (C=O) groups excluding carboxylic acids is 1. The number of hydrogen-bond donors (Lipinski definition) is 2. The van der Waals surface area contributed by atoms with Crippen LogP contribution >= 0.6 is 0 Å². The van der Waals surface area contributed by atoms with Gasteiger partial charge in [0.25, 0.3) is 0 Å². The predicted octanol–water partition coefficient (Wildman–Crippen LogP) is 3.81. The van der Waals surface area contributed by atoms with Gasteiger partial charge in [-0.15, -0.1) is 0 Å². The molecule has 0 unspecified atom stereocenters. The minimum absolute atomic E-state index is 0.115. The molecule has 1 amide bonds. The number of benzene rings is 2. The Bertz CT molecular complexity index is 1120. The number of methoxy groups -OCH3 is 1. The van der Waals surface area contributed by atoms with E-state index in [1.807, 2.05) is 13.0 Å². The van der Waals surface area contributed by atoms with Crippen molar-refractivity contribution in [3.05, 3.63) is 75.4 Å². The summed E-state index contributed by atoms with van der Waals surface area (Å²) in [5.74, 6) is -0.00340. The quantitative estimate of drug-likeness (QED) is 0.534. The number of aryl methyl sites for hydroxylation is 1. The summed E-state index contributed by atoms with van der Waals surface area (Å²) in [6.45, 7) is 3.62. The average Bonchev–Trinajstić information content (AvgIpc) is 2.73. The third-order valence-electron chi connectivity index (χ3n) is 5.34. The van der Waals surface area contributed by atoms with Gasteiger partial charge in [-0.1, -0.05) is 12.1 Å². The maximum absolute atomic E-state index is 13.0. The van der Waals surface area contributed by atoms with E-state index in [0.29, 0.717) is 22.5 Å². The second-order valence-electron chi connectivity index (χ2n) is 7.63. The third kappa shape index (κ3) is 5.49. The Morgan fingerprint density at radius 1 is 1.23 bits per heavy atom. The molecule has 0 aliphatic carbocycles. The summed E-state index contributed by atoms with van der Waals surface area (Å²) in [4.78, 5) is 24.8. The van der Waals surface area contributed by atoms with E-state index < -0.39 is 11.7 Å². The van der Waals surface area contributed by atoms with E-state index in [0.717, 1.165) is 10.9 Å². The maximum atomic E-state index is 13.0. The Morgan fingerprint density at radius 2 is 1.94 bits per heavy atom. The Labute approximate surface area is 179 Å². The summed E-state index contributed by atoms with van der Waals surface area (Å²) in [6.07, 6.45) is -0.168. The molecular formula is C24H26FNO5. The van der Waals surface area contributed by atoms with Crippen LogP contribution in [0.3, 0.4) is 0 Å². The molecule has 0 saturated carbocycles. The normalized spacial score (nSPS) is 13.1. The lowest BCUT2D eigenvalue weighted by Gasteiger charge is -2.18. The third-order valence-corrected chi connectivity index (χ3v) is 5.34. The van der Waals surface area contributed by atoms with Gasteiger partial charge < -0.3 is 19.6 Å². The zero-order valence-electron chi connectivity index (χ0n) is 17.8. The van der Waals surface area contributed by atoms with Gasteiger partial charge in [0.15, 0.2) is 0 Å². The lowest BCUT2D eigenvalue weighted by molar-refractivity contribution is -0.121. The summed E-state index contributed by atoms with van der Waals surface area (Å²) in [5, 5.41) is 13.9. The van der Waals surface area contributed by atoms with Crippen molar-refractivity contribution >= 4 is 16.9 Å². The van der Waals surface area contributed by atoms with Crippen LogP contribution in [0.15, 0.2) is 51.7 Å². The first-order valence-corrected chi connectivity index (χ1v) is 10.1. The zero-order valence-corrected chi connectivity index (χ0v) is 17.8. The van der Waals surface area contributed by atoms with Crippen LogP contribution in [0.25, 0.3) is 11.0 Å². The number of fused-ring (bicyclic) bond motifs is 1. The molecule has 2 N–H and O–H groups in total. The number of rotatable bonds is 8. The molecule has 6 nitrogen and oxygen atoms in total. The molecule has 3 aromatic rings. The summed E-state index contributed by atoms with van der Waals surface area (Å²) in [5.41, 5.74) is 1.81. The molecule has 0 spiro atoms. The second-order valence-corrected chi connectivity index (χ2v) is 7.63. The van der Waals surface area contributed by atoms with Gasteiger partial charge in [-0.2, -0.15) is 0 Å². The van der Waals surface area contributed by atoms with Gasteiger partial charge in [0.2, 0.25) is 5.91 Å². The van der Waals surface area contributed by atoms with Crippen molar-refractivity contribution in [1.82, 2.24) is 5.32 Å². The maximum Gasteiger partial charge on any atom is 0.339 e. The summed E-state index contributed by atoms with van der Waals surface area (Å²) in [6, 6.07) is 10.6. The van der Waals surface area contributed by atoms with Crippen molar-refractivity contribution in [2.75, 3.05) is 7.11 Å². The van der Waals surface area contributed by atoms with E-state index in [1.165, 1.54) is 24.3 Å². The molecule has 0 aliphatic rings. The molecule has 0 aliphatic heterocycles. The van der Waals surface area contributed by atoms with E-state index in [2.05, 4.69) is 5.32 Å². The first-order valence-electron chi connectivity index (χ1n) is 10.1. The number of aliphatic hydroxyl groups is 1. The predicted molar refractivity (Wildman–Crippen MR) is 116 cm³/mol. The minimum atomic E-state index is -0.817. The van der Waals surface area contributed by atoms with Gasteiger partial charge in [-0.3, -0.25) is 4.79 Å². The monoisotopic (exact) mass is 427 g/mol. The summed E-state index contributed by atoms with van der Waals surface area (Å²) < 4.78 is 23.6. The molecular weight excluding hydrogens is 401 g/mol. The van der Waals surface area contributed by atoms with E-state index in [-0.39, 0.29) is 37.0 Å². The smallest absolute Gasteiger partial charge is 0.339 e. The fraction of sp³-hybridized carbons (Fsp3) is 0.333. The number of ether oxygens (including phenoxy) is 1. The van der Waals surface area contributed by atoms with Gasteiger partial charge in [0.05, 0.1) is 13.2 Å². The van der Waals surface area contributed by atoms with Crippen molar-refractivity contribution < 1.29 is 23.4 Å². The first-order chi connectivity index (χ1) is 14.8. The van der Waals surface area contributed by atoms with Crippen molar-refractivity contribution in [2.45, 2.75) is 45.3 Å². The highest BCUT2D eigenvalue weighted by atomic mass is 19.1. The zero-order chi connectivity index (χ0) is 22.5. The van der Waals surface area contributed by atoms with Gasteiger partial charge >= 0.3 is 5.63 Å². The first kappa shape index (κ1) is 22.5. The van der Waals surface area contributed by atoms with Crippen LogP contribution in [-0.2, 0) is 11.2 Å². The fourth-order valence-electron chi connectivity index (χ4n) is 3.59. The van der Waals surface area contributed by atoms with Crippen molar-refractivity contribution in [2.24, 2.45) is 0 Å². The molecule has 1 heterocycles. The van der Waals surface area contributed by atoms with Crippen LogP contribution < -0.4 is 15.7 Å². The summed E-state index contributed by atoms with van der Waals surface area (Å²) in [7, 11) is 1.54. The van der Waals surface area contributed by atoms with Crippen molar-refractivity contribution in [3.8, 4) is 5.75 Å². The molecule has 2 aromatic carbocycles. The average molecular weight is 427 g/mol. The Morgan fingerprint density at radius 3 is 2.61 bits per heavy atom. The van der Waals surface area contributed by atoms with Crippen LogP contribution in [0.5, 0.6) is 5.75 Å². The lowest BCUT2D eigenvalue weighted by Crippen LogP contribution is -2.34. The molecule has 164 valence electrons. The highest BCUT2D eigenvalue weighted by Crippen LogP contribution is 2.24. The van der Waals surface area contributed by atoms with Gasteiger partial charge in [0.1, 0.15) is 17.1 Å². The molecule has 3 rings (SSSR count). The molecule has 0 radical (unpaired) electrons.